The number of nitrogens with one attached hydrogen (secondary N) is 1. The maximum Gasteiger partial charge on any atom is 0.274 e. The monoisotopic (exact) mass is 314 g/mol. The maximum absolute atomic E-state index is 12.4. The van der Waals surface area contributed by atoms with Crippen molar-refractivity contribution < 1.29 is 4.79 Å². The Hall–Kier alpha value is -1.75. The number of rotatable bonds is 4. The minimum atomic E-state index is -0.000382. The van der Waals surface area contributed by atoms with E-state index in [0.29, 0.717) is 17.8 Å². The number of nitrogens with zero attached hydrogens (tertiary/aromatic N) is 3. The smallest absolute Gasteiger partial charge is 0.274 e. The van der Waals surface area contributed by atoms with Gasteiger partial charge >= 0.3 is 0 Å². The zero-order chi connectivity index (χ0) is 16.1. The van der Waals surface area contributed by atoms with Crippen LogP contribution in [0, 0.1) is 0 Å². The van der Waals surface area contributed by atoms with E-state index in [-0.39, 0.29) is 5.91 Å². The molecule has 1 saturated heterocycles. The topological polar surface area (TPSA) is 58.1 Å². The summed E-state index contributed by atoms with van der Waals surface area (Å²) < 4.78 is 0. The molecule has 2 aliphatic rings. The second-order valence-electron chi connectivity index (χ2n) is 6.57. The number of hydrogen-bond donors (Lipinski definition) is 1. The zero-order valence-electron chi connectivity index (χ0n) is 13.9. The van der Waals surface area contributed by atoms with Crippen LogP contribution in [0.4, 0.5) is 0 Å². The largest absolute Gasteiger partial charge is 0.337 e. The van der Waals surface area contributed by atoms with Gasteiger partial charge in [0.2, 0.25) is 0 Å². The molecule has 5 heteroatoms. The van der Waals surface area contributed by atoms with Crippen LogP contribution in [-0.4, -0.2) is 45.9 Å². The average Bonchev–Trinajstić information content (AvgIpc) is 2.63. The number of carbonyl (C=O) groups is 1. The minimum Gasteiger partial charge on any atom is -0.337 e. The summed E-state index contributed by atoms with van der Waals surface area (Å²) in [5, 5.41) is 3.75. The van der Waals surface area contributed by atoms with Gasteiger partial charge in [0.1, 0.15) is 5.69 Å². The number of allylic oxidation sites excluding steroid dienone is 1. The molecule has 5 nitrogen and oxygen atoms in total. The van der Waals surface area contributed by atoms with Crippen molar-refractivity contribution >= 4 is 5.91 Å². The van der Waals surface area contributed by atoms with Gasteiger partial charge in [-0.2, -0.15) is 0 Å². The summed E-state index contributed by atoms with van der Waals surface area (Å²) in [5.41, 5.74) is 2.01. The first-order chi connectivity index (χ1) is 11.2. The Balaban J connectivity index is 1.48. The number of carbonyl (C=O) groups excluding carboxylic acids is 1. The van der Waals surface area contributed by atoms with Crippen molar-refractivity contribution in [2.45, 2.75) is 57.5 Å². The van der Waals surface area contributed by atoms with Crippen molar-refractivity contribution in [1.29, 1.82) is 0 Å². The standard InChI is InChI=1S/C18H26N4O/c1-14(15-5-3-2-4-6-15)21-16-7-11-22(12-8-16)18(23)17-13-19-9-10-20-17/h5,9-10,13-14,16,21H,2-4,6-8,11-12H2,1H3/t14-/m1/s1. The van der Waals surface area contributed by atoms with E-state index < -0.39 is 0 Å². The second-order valence-corrected chi connectivity index (χ2v) is 6.57. The molecular weight excluding hydrogens is 288 g/mol. The van der Waals surface area contributed by atoms with Crippen LogP contribution >= 0.6 is 0 Å². The molecule has 0 radical (unpaired) electrons. The van der Waals surface area contributed by atoms with Crippen molar-refractivity contribution in [3.05, 3.63) is 35.9 Å². The highest BCUT2D eigenvalue weighted by molar-refractivity contribution is 5.92. The highest BCUT2D eigenvalue weighted by Crippen LogP contribution is 2.21. The van der Waals surface area contributed by atoms with Gasteiger partial charge in [0.25, 0.3) is 5.91 Å². The summed E-state index contributed by atoms with van der Waals surface area (Å²) in [4.78, 5) is 22.3. The molecule has 1 aliphatic carbocycles. The van der Waals surface area contributed by atoms with E-state index in [9.17, 15) is 4.79 Å². The fraction of sp³-hybridized carbons (Fsp3) is 0.611. The predicted molar refractivity (Wildman–Crippen MR) is 90.1 cm³/mol. The molecule has 1 aliphatic heterocycles. The molecule has 0 spiro atoms. The normalized spacial score (nSPS) is 20.9. The Bertz CT molecular complexity index is 549. The van der Waals surface area contributed by atoms with E-state index in [4.69, 9.17) is 0 Å². The number of likely N-dealkylation sites (tertiary alicyclic amines) is 1. The lowest BCUT2D eigenvalue weighted by atomic mass is 9.93. The molecule has 2 heterocycles. The number of piperidine rings is 1. The molecule has 0 saturated carbocycles. The lowest BCUT2D eigenvalue weighted by Crippen LogP contribution is -2.47. The zero-order valence-corrected chi connectivity index (χ0v) is 13.9. The minimum absolute atomic E-state index is 0.000382. The van der Waals surface area contributed by atoms with Gasteiger partial charge in [-0.05, 0) is 45.4 Å². The second kappa shape index (κ2) is 7.68. The molecule has 1 atom stereocenters. The van der Waals surface area contributed by atoms with Crippen LogP contribution < -0.4 is 5.32 Å². The summed E-state index contributed by atoms with van der Waals surface area (Å²) in [7, 11) is 0. The van der Waals surface area contributed by atoms with E-state index in [2.05, 4.69) is 28.3 Å². The third-order valence-corrected chi connectivity index (χ3v) is 4.93. The average molecular weight is 314 g/mol. The highest BCUT2D eigenvalue weighted by Gasteiger charge is 2.25. The fourth-order valence-electron chi connectivity index (χ4n) is 3.54. The van der Waals surface area contributed by atoms with Gasteiger partial charge in [-0.1, -0.05) is 11.6 Å². The van der Waals surface area contributed by atoms with Crippen LogP contribution in [0.5, 0.6) is 0 Å². The van der Waals surface area contributed by atoms with Crippen LogP contribution in [0.25, 0.3) is 0 Å². The molecule has 1 amide bonds. The molecule has 1 aromatic rings. The van der Waals surface area contributed by atoms with Crippen molar-refractivity contribution in [3.63, 3.8) is 0 Å². The SMILES string of the molecule is C[C@@H](NC1CCN(C(=O)c2cnccn2)CC1)C1=CCCCC1. The van der Waals surface area contributed by atoms with E-state index in [1.54, 1.807) is 24.2 Å². The van der Waals surface area contributed by atoms with Crippen molar-refractivity contribution in [1.82, 2.24) is 20.2 Å². The van der Waals surface area contributed by atoms with Gasteiger partial charge in [-0.15, -0.1) is 0 Å². The summed E-state index contributed by atoms with van der Waals surface area (Å²) in [6.45, 7) is 3.85. The van der Waals surface area contributed by atoms with Gasteiger partial charge in [0.15, 0.2) is 0 Å². The third kappa shape index (κ3) is 4.16. The molecule has 124 valence electrons. The van der Waals surface area contributed by atoms with E-state index in [1.807, 2.05) is 4.90 Å². The summed E-state index contributed by atoms with van der Waals surface area (Å²) in [6.07, 6.45) is 14.2. The van der Waals surface area contributed by atoms with Gasteiger partial charge in [-0.25, -0.2) is 4.98 Å². The highest BCUT2D eigenvalue weighted by atomic mass is 16.2. The van der Waals surface area contributed by atoms with E-state index in [1.165, 1.54) is 25.7 Å². The predicted octanol–water partition coefficient (Wildman–Crippen LogP) is 2.56. The molecular formula is C18H26N4O. The third-order valence-electron chi connectivity index (χ3n) is 4.93. The van der Waals surface area contributed by atoms with Gasteiger partial charge in [-0.3, -0.25) is 9.78 Å². The molecule has 1 fully saturated rings. The van der Waals surface area contributed by atoms with Crippen molar-refractivity contribution in [3.8, 4) is 0 Å². The van der Waals surface area contributed by atoms with Gasteiger partial charge in [0.05, 0.1) is 6.20 Å². The number of amides is 1. The van der Waals surface area contributed by atoms with Gasteiger partial charge < -0.3 is 10.2 Å². The first-order valence-corrected chi connectivity index (χ1v) is 8.74. The molecule has 23 heavy (non-hydrogen) atoms. The van der Waals surface area contributed by atoms with Crippen molar-refractivity contribution in [2.24, 2.45) is 0 Å². The Labute approximate surface area is 138 Å². The van der Waals surface area contributed by atoms with Crippen LogP contribution in [0.15, 0.2) is 30.2 Å². The Morgan fingerprint density at radius 3 is 2.78 bits per heavy atom. The summed E-state index contributed by atoms with van der Waals surface area (Å²) in [6, 6.07) is 0.960. The van der Waals surface area contributed by atoms with E-state index >= 15 is 0 Å². The molecule has 0 unspecified atom stereocenters. The quantitative estimate of drug-likeness (QED) is 0.868. The Morgan fingerprint density at radius 2 is 2.13 bits per heavy atom. The molecule has 3 rings (SSSR count). The number of hydrogen-bond acceptors (Lipinski definition) is 4. The summed E-state index contributed by atoms with van der Waals surface area (Å²) >= 11 is 0. The van der Waals surface area contributed by atoms with Crippen LogP contribution in [0.3, 0.4) is 0 Å². The Kier molecular flexibility index (Phi) is 5.39. The number of aromatic nitrogens is 2. The Morgan fingerprint density at radius 1 is 1.30 bits per heavy atom. The van der Waals surface area contributed by atoms with E-state index in [0.717, 1.165) is 25.9 Å². The molecule has 1 N–H and O–H groups in total. The first-order valence-electron chi connectivity index (χ1n) is 8.74. The fourth-order valence-corrected chi connectivity index (χ4v) is 3.54. The van der Waals surface area contributed by atoms with Crippen LogP contribution in [0.2, 0.25) is 0 Å². The summed E-state index contributed by atoms with van der Waals surface area (Å²) in [5.74, 6) is -0.000382. The van der Waals surface area contributed by atoms with Crippen LogP contribution in [-0.2, 0) is 0 Å². The van der Waals surface area contributed by atoms with Gasteiger partial charge in [0, 0.05) is 37.6 Å². The van der Waals surface area contributed by atoms with Crippen LogP contribution in [0.1, 0.15) is 55.9 Å². The molecule has 1 aromatic heterocycles. The molecule has 0 aromatic carbocycles. The lowest BCUT2D eigenvalue weighted by molar-refractivity contribution is 0.0697. The maximum atomic E-state index is 12.4. The lowest BCUT2D eigenvalue weighted by Gasteiger charge is -2.34. The first kappa shape index (κ1) is 16.1. The molecule has 0 bridgehead atoms. The van der Waals surface area contributed by atoms with Crippen molar-refractivity contribution in [2.75, 3.05) is 13.1 Å².